The second-order valence-corrected chi connectivity index (χ2v) is 9.43. The highest BCUT2D eigenvalue weighted by Gasteiger charge is 2.38. The van der Waals surface area contributed by atoms with E-state index in [4.69, 9.17) is 16.9 Å². The number of likely N-dealkylation sites (tertiary alicyclic amines) is 1. The fourth-order valence-corrected chi connectivity index (χ4v) is 4.04. The molecule has 1 fully saturated rings. The number of para-hydroxylation sites is 1. The summed E-state index contributed by atoms with van der Waals surface area (Å²) in [6.45, 7) is 9.83. The second-order valence-electron chi connectivity index (χ2n) is 9.43. The van der Waals surface area contributed by atoms with Crippen LogP contribution in [0.25, 0.3) is 5.70 Å². The quantitative estimate of drug-likeness (QED) is 0.610. The third-order valence-corrected chi connectivity index (χ3v) is 5.74. The summed E-state index contributed by atoms with van der Waals surface area (Å²) in [7, 11) is 0. The van der Waals surface area contributed by atoms with Crippen LogP contribution in [-0.2, 0) is 4.74 Å². The van der Waals surface area contributed by atoms with Gasteiger partial charge in [0, 0.05) is 18.4 Å². The predicted octanol–water partition coefficient (Wildman–Crippen LogP) is 3.98. The molecule has 0 saturated carbocycles. The maximum Gasteiger partial charge on any atom is 0.411 e. The summed E-state index contributed by atoms with van der Waals surface area (Å²) in [5.74, 6) is 1.45. The van der Waals surface area contributed by atoms with E-state index in [1.54, 1.807) is 20.8 Å². The van der Waals surface area contributed by atoms with Crippen molar-refractivity contribution in [2.45, 2.75) is 45.3 Å². The number of rotatable bonds is 6. The van der Waals surface area contributed by atoms with Crippen LogP contribution >= 0.6 is 0 Å². The minimum atomic E-state index is -0.658. The third kappa shape index (κ3) is 6.01. The number of nitriles is 1. The van der Waals surface area contributed by atoms with Crippen LogP contribution in [0.2, 0.25) is 0 Å². The summed E-state index contributed by atoms with van der Waals surface area (Å²) in [6, 6.07) is 11.0. The van der Waals surface area contributed by atoms with Gasteiger partial charge < -0.3 is 15.8 Å². The molecule has 3 rings (SSSR count). The molecule has 1 aliphatic heterocycles. The zero-order chi connectivity index (χ0) is 25.8. The molecule has 1 saturated heterocycles. The van der Waals surface area contributed by atoms with Crippen molar-refractivity contribution < 1.29 is 14.3 Å². The number of allylic oxidation sites excluding steroid dienone is 1. The first-order valence-corrected chi connectivity index (χ1v) is 11.3. The van der Waals surface area contributed by atoms with Crippen molar-refractivity contribution in [1.29, 1.82) is 5.26 Å². The Morgan fingerprint density at radius 3 is 2.60 bits per heavy atom. The summed E-state index contributed by atoms with van der Waals surface area (Å²) in [4.78, 5) is 26.2. The number of piperidine rings is 1. The Morgan fingerprint density at radius 1 is 1.34 bits per heavy atom. The lowest BCUT2D eigenvalue weighted by Crippen LogP contribution is -2.48. The molecule has 9 nitrogen and oxygen atoms in total. The van der Waals surface area contributed by atoms with Gasteiger partial charge in [-0.05, 0) is 51.7 Å². The summed E-state index contributed by atoms with van der Waals surface area (Å²) < 4.78 is 6.89. The van der Waals surface area contributed by atoms with Crippen LogP contribution in [0.4, 0.5) is 16.3 Å². The van der Waals surface area contributed by atoms with E-state index in [9.17, 15) is 14.9 Å². The third-order valence-electron chi connectivity index (χ3n) is 5.74. The van der Waals surface area contributed by atoms with Crippen molar-refractivity contribution in [3.8, 4) is 18.4 Å². The van der Waals surface area contributed by atoms with Crippen LogP contribution in [0.5, 0.6) is 0 Å². The maximum atomic E-state index is 12.6. The molecule has 0 radical (unpaired) electrons. The molecule has 0 spiro atoms. The van der Waals surface area contributed by atoms with Crippen molar-refractivity contribution in [2.24, 2.45) is 17.6 Å². The molecule has 3 N–H and O–H groups in total. The molecule has 2 heterocycles. The van der Waals surface area contributed by atoms with Gasteiger partial charge in [0.2, 0.25) is 0 Å². The largest absolute Gasteiger partial charge is 0.444 e. The average Bonchev–Trinajstić information content (AvgIpc) is 3.23. The van der Waals surface area contributed by atoms with E-state index in [1.807, 2.05) is 30.3 Å². The molecule has 182 valence electrons. The summed E-state index contributed by atoms with van der Waals surface area (Å²) >= 11 is 0. The molecule has 0 aliphatic carbocycles. The number of carbonyl (C=O) groups excluding carboxylic acids is 2. The van der Waals surface area contributed by atoms with Gasteiger partial charge in [-0.3, -0.25) is 9.69 Å². The van der Waals surface area contributed by atoms with Crippen LogP contribution in [-0.4, -0.2) is 44.9 Å². The number of benzene rings is 1. The number of nitrogens with one attached hydrogen (secondary N) is 1. The lowest BCUT2D eigenvalue weighted by atomic mass is 9.80. The Labute approximate surface area is 205 Å². The van der Waals surface area contributed by atoms with Gasteiger partial charge in [0.25, 0.3) is 5.91 Å². The Hall–Kier alpha value is -4.24. The standard InChI is InChI=1S/C26H30N6O3/c1-6-20-14-18(12-13-31(20)25(34)35-26(3,4)5)21(15-27)17(2)32-16-22(23(28)33)24(30-32)29-19-10-8-7-9-11-19/h1,7-11,16,18,20-21H,2,12-14H2,3-5H3,(H2,28,33)(H,29,30)/t18?,20-,21?/m1/s1. The number of carbonyl (C=O) groups is 2. The van der Waals surface area contributed by atoms with Crippen LogP contribution in [0.3, 0.4) is 0 Å². The summed E-state index contributed by atoms with van der Waals surface area (Å²) in [5.41, 5.74) is 6.22. The van der Waals surface area contributed by atoms with E-state index in [0.717, 1.165) is 5.69 Å². The van der Waals surface area contributed by atoms with Gasteiger partial charge in [0.15, 0.2) is 5.82 Å². The van der Waals surface area contributed by atoms with Gasteiger partial charge in [0.05, 0.1) is 23.7 Å². The number of hydrogen-bond donors (Lipinski definition) is 2. The van der Waals surface area contributed by atoms with Crippen LogP contribution in [0.15, 0.2) is 43.1 Å². The molecule has 1 aromatic heterocycles. The smallest absolute Gasteiger partial charge is 0.411 e. The molecule has 2 amide bonds. The highest BCUT2D eigenvalue weighted by Crippen LogP contribution is 2.35. The maximum absolute atomic E-state index is 12.6. The van der Waals surface area contributed by atoms with E-state index in [-0.39, 0.29) is 17.3 Å². The lowest BCUT2D eigenvalue weighted by Gasteiger charge is -2.39. The number of nitrogens with zero attached hydrogens (tertiary/aromatic N) is 4. The van der Waals surface area contributed by atoms with E-state index >= 15 is 0 Å². The first kappa shape index (κ1) is 25.4. The van der Waals surface area contributed by atoms with E-state index in [0.29, 0.717) is 25.1 Å². The van der Waals surface area contributed by atoms with E-state index < -0.39 is 29.6 Å². The lowest BCUT2D eigenvalue weighted by molar-refractivity contribution is 0.0107. The Bertz CT molecular complexity index is 1180. The number of nitrogens with two attached hydrogens (primary N) is 1. The number of anilines is 2. The first-order chi connectivity index (χ1) is 16.5. The Morgan fingerprint density at radius 2 is 2.03 bits per heavy atom. The number of terminal acetylenes is 1. The minimum absolute atomic E-state index is 0.168. The van der Waals surface area contributed by atoms with Crippen LogP contribution in [0.1, 0.15) is 44.0 Å². The SMILES string of the molecule is C#C[C@@H]1CC(C(C#N)C(=C)n2cc(C(N)=O)c(Nc3ccccc3)n2)CCN1C(=O)OC(C)(C)C. The monoisotopic (exact) mass is 474 g/mol. The normalized spacial score (nSPS) is 18.6. The zero-order valence-electron chi connectivity index (χ0n) is 20.2. The molecule has 0 bridgehead atoms. The van der Waals surface area contributed by atoms with Crippen molar-refractivity contribution in [3.05, 3.63) is 48.7 Å². The molecule has 2 aromatic rings. The minimum Gasteiger partial charge on any atom is -0.444 e. The highest BCUT2D eigenvalue weighted by molar-refractivity contribution is 5.98. The van der Waals surface area contributed by atoms with Gasteiger partial charge in [-0.25, -0.2) is 9.48 Å². The van der Waals surface area contributed by atoms with Gasteiger partial charge in [0.1, 0.15) is 11.2 Å². The van der Waals surface area contributed by atoms with Gasteiger partial charge in [-0.2, -0.15) is 5.26 Å². The van der Waals surface area contributed by atoms with Crippen molar-refractivity contribution >= 4 is 29.2 Å². The Kier molecular flexibility index (Phi) is 7.51. The number of hydrogen-bond acceptors (Lipinski definition) is 6. The molecule has 1 aliphatic rings. The van der Waals surface area contributed by atoms with Gasteiger partial charge in [-0.15, -0.1) is 11.5 Å². The fraction of sp³-hybridized carbons (Fsp3) is 0.385. The molecular formula is C26H30N6O3. The van der Waals surface area contributed by atoms with Crippen molar-refractivity contribution in [2.75, 3.05) is 11.9 Å². The molecule has 9 heteroatoms. The predicted molar refractivity (Wildman–Crippen MR) is 133 cm³/mol. The van der Waals surface area contributed by atoms with Crippen molar-refractivity contribution in [1.82, 2.24) is 14.7 Å². The van der Waals surface area contributed by atoms with E-state index in [1.165, 1.54) is 15.8 Å². The summed E-state index contributed by atoms with van der Waals surface area (Å²) in [5, 5.41) is 17.5. The fourth-order valence-electron chi connectivity index (χ4n) is 4.04. The highest BCUT2D eigenvalue weighted by atomic mass is 16.6. The zero-order valence-corrected chi connectivity index (χ0v) is 20.2. The van der Waals surface area contributed by atoms with Crippen LogP contribution < -0.4 is 11.1 Å². The molecule has 2 unspecified atom stereocenters. The van der Waals surface area contributed by atoms with Crippen molar-refractivity contribution in [3.63, 3.8) is 0 Å². The number of aromatic nitrogens is 2. The van der Waals surface area contributed by atoms with Gasteiger partial charge in [-0.1, -0.05) is 30.7 Å². The topological polar surface area (TPSA) is 126 Å². The second kappa shape index (κ2) is 10.4. The number of ether oxygens (including phenoxy) is 1. The first-order valence-electron chi connectivity index (χ1n) is 11.3. The molecule has 3 atom stereocenters. The Balaban J connectivity index is 1.79. The molecule has 1 aromatic carbocycles. The van der Waals surface area contributed by atoms with Crippen LogP contribution in [0, 0.1) is 35.5 Å². The molecular weight excluding hydrogens is 444 g/mol. The molecule has 35 heavy (non-hydrogen) atoms. The average molecular weight is 475 g/mol. The number of primary amides is 1. The number of amides is 2. The van der Waals surface area contributed by atoms with Gasteiger partial charge >= 0.3 is 6.09 Å². The summed E-state index contributed by atoms with van der Waals surface area (Å²) in [6.07, 6.45) is 7.67. The van der Waals surface area contributed by atoms with E-state index in [2.05, 4.69) is 29.0 Å².